The standard InChI is InChI=1S/C12H17NO3S.ClH/c1-16-11-3-4-12(17(2,14)15)10-6-8-13-7-5-9(10)11;/h3-4,13H,5-8H2,1-2H3;1H. The Morgan fingerprint density at radius 2 is 1.78 bits per heavy atom. The SMILES string of the molecule is COc1ccc(S(C)(=O)=O)c2c1CCNCC2.Cl. The molecule has 1 aromatic rings. The molecule has 0 aliphatic carbocycles. The summed E-state index contributed by atoms with van der Waals surface area (Å²) in [4.78, 5) is 0.442. The number of methoxy groups -OCH3 is 1. The first-order chi connectivity index (χ1) is 8.04. The molecule has 0 atom stereocenters. The Morgan fingerprint density at radius 3 is 2.33 bits per heavy atom. The summed E-state index contributed by atoms with van der Waals surface area (Å²) < 4.78 is 28.8. The van der Waals surface area contributed by atoms with Crippen molar-refractivity contribution >= 4 is 22.2 Å². The summed E-state index contributed by atoms with van der Waals surface area (Å²) in [5.41, 5.74) is 1.94. The van der Waals surface area contributed by atoms with Gasteiger partial charge in [0.05, 0.1) is 12.0 Å². The van der Waals surface area contributed by atoms with Gasteiger partial charge in [-0.15, -0.1) is 12.4 Å². The van der Waals surface area contributed by atoms with Crippen LogP contribution in [0.15, 0.2) is 17.0 Å². The normalized spacial score (nSPS) is 15.2. The minimum atomic E-state index is -3.17. The highest BCUT2D eigenvalue weighted by Gasteiger charge is 2.21. The summed E-state index contributed by atoms with van der Waals surface area (Å²) in [6.45, 7) is 1.67. The molecule has 1 aromatic carbocycles. The maximum Gasteiger partial charge on any atom is 0.175 e. The number of halogens is 1. The van der Waals surface area contributed by atoms with E-state index in [0.29, 0.717) is 4.90 Å². The maximum absolute atomic E-state index is 11.8. The van der Waals surface area contributed by atoms with Crippen LogP contribution >= 0.6 is 12.4 Å². The van der Waals surface area contributed by atoms with Crippen molar-refractivity contribution < 1.29 is 13.2 Å². The molecule has 0 radical (unpaired) electrons. The molecule has 6 heteroatoms. The van der Waals surface area contributed by atoms with E-state index in [4.69, 9.17) is 4.74 Å². The second kappa shape index (κ2) is 5.91. The first-order valence-corrected chi connectivity index (χ1v) is 7.52. The molecule has 1 aliphatic rings. The number of ether oxygens (including phenoxy) is 1. The van der Waals surface area contributed by atoms with Crippen LogP contribution in [0.1, 0.15) is 11.1 Å². The minimum Gasteiger partial charge on any atom is -0.496 e. The predicted molar refractivity (Wildman–Crippen MR) is 73.6 cm³/mol. The summed E-state index contributed by atoms with van der Waals surface area (Å²) in [5, 5.41) is 3.27. The molecule has 0 aromatic heterocycles. The molecule has 102 valence electrons. The number of hydrogen-bond acceptors (Lipinski definition) is 4. The van der Waals surface area contributed by atoms with Crippen LogP contribution in [-0.2, 0) is 22.7 Å². The smallest absolute Gasteiger partial charge is 0.175 e. The van der Waals surface area contributed by atoms with E-state index < -0.39 is 9.84 Å². The van der Waals surface area contributed by atoms with Gasteiger partial charge in [0, 0.05) is 6.26 Å². The van der Waals surface area contributed by atoms with E-state index in [1.54, 1.807) is 19.2 Å². The Bertz CT molecular complexity index is 528. The predicted octanol–water partition coefficient (Wildman–Crippen LogP) is 1.21. The zero-order chi connectivity index (χ0) is 12.5. The molecular weight excluding hydrogens is 274 g/mol. The molecule has 1 aliphatic heterocycles. The van der Waals surface area contributed by atoms with Crippen molar-refractivity contribution in [2.24, 2.45) is 0 Å². The monoisotopic (exact) mass is 291 g/mol. The fourth-order valence-electron chi connectivity index (χ4n) is 2.29. The van der Waals surface area contributed by atoms with E-state index in [-0.39, 0.29) is 12.4 Å². The van der Waals surface area contributed by atoms with E-state index >= 15 is 0 Å². The highest BCUT2D eigenvalue weighted by molar-refractivity contribution is 7.90. The second-order valence-corrected chi connectivity index (χ2v) is 6.23. The van der Waals surface area contributed by atoms with Crippen LogP contribution in [0.4, 0.5) is 0 Å². The van der Waals surface area contributed by atoms with Crippen molar-refractivity contribution in [2.75, 3.05) is 26.5 Å². The third-order valence-corrected chi connectivity index (χ3v) is 4.25. The van der Waals surface area contributed by atoms with Crippen LogP contribution in [0.5, 0.6) is 5.75 Å². The van der Waals surface area contributed by atoms with Crippen molar-refractivity contribution in [3.05, 3.63) is 23.3 Å². The third kappa shape index (κ3) is 2.96. The molecule has 18 heavy (non-hydrogen) atoms. The van der Waals surface area contributed by atoms with Gasteiger partial charge in [-0.05, 0) is 49.2 Å². The lowest BCUT2D eigenvalue weighted by atomic mass is 10.0. The molecule has 0 saturated heterocycles. The van der Waals surface area contributed by atoms with Gasteiger partial charge in [-0.1, -0.05) is 0 Å². The van der Waals surface area contributed by atoms with Crippen molar-refractivity contribution in [3.8, 4) is 5.75 Å². The molecule has 0 fully saturated rings. The van der Waals surface area contributed by atoms with E-state index in [2.05, 4.69) is 5.32 Å². The summed E-state index contributed by atoms with van der Waals surface area (Å²) in [6.07, 6.45) is 2.80. The lowest BCUT2D eigenvalue weighted by Gasteiger charge is -2.14. The molecule has 0 saturated carbocycles. The molecule has 2 rings (SSSR count). The van der Waals surface area contributed by atoms with Gasteiger partial charge in [-0.25, -0.2) is 8.42 Å². The molecular formula is C12H18ClNO3S. The molecule has 0 bridgehead atoms. The van der Waals surface area contributed by atoms with Crippen LogP contribution in [0.2, 0.25) is 0 Å². The molecule has 1 N–H and O–H groups in total. The van der Waals surface area contributed by atoms with Crippen LogP contribution in [0.25, 0.3) is 0 Å². The molecule has 0 unspecified atom stereocenters. The van der Waals surface area contributed by atoms with Crippen LogP contribution in [0.3, 0.4) is 0 Å². The average molecular weight is 292 g/mol. The lowest BCUT2D eigenvalue weighted by Crippen LogP contribution is -2.16. The van der Waals surface area contributed by atoms with Gasteiger partial charge in [0.15, 0.2) is 9.84 Å². The highest BCUT2D eigenvalue weighted by Crippen LogP contribution is 2.30. The van der Waals surface area contributed by atoms with Crippen LogP contribution in [0, 0.1) is 0 Å². The second-order valence-electron chi connectivity index (χ2n) is 4.25. The van der Waals surface area contributed by atoms with Gasteiger partial charge in [0.25, 0.3) is 0 Å². The molecule has 4 nitrogen and oxygen atoms in total. The molecule has 1 heterocycles. The average Bonchev–Trinajstić information content (AvgIpc) is 2.51. The Balaban J connectivity index is 0.00000162. The zero-order valence-corrected chi connectivity index (χ0v) is 12.2. The van der Waals surface area contributed by atoms with E-state index in [0.717, 1.165) is 42.8 Å². The first-order valence-electron chi connectivity index (χ1n) is 5.63. The summed E-state index contributed by atoms with van der Waals surface area (Å²) >= 11 is 0. The largest absolute Gasteiger partial charge is 0.496 e. The van der Waals surface area contributed by atoms with Crippen molar-refractivity contribution in [3.63, 3.8) is 0 Å². The van der Waals surface area contributed by atoms with Crippen molar-refractivity contribution in [1.29, 1.82) is 0 Å². The minimum absolute atomic E-state index is 0. The zero-order valence-electron chi connectivity index (χ0n) is 10.5. The molecule has 0 spiro atoms. The lowest BCUT2D eigenvalue weighted by molar-refractivity contribution is 0.408. The summed E-state index contributed by atoms with van der Waals surface area (Å²) in [5.74, 6) is 0.788. The van der Waals surface area contributed by atoms with Gasteiger partial charge in [-0.2, -0.15) is 0 Å². The van der Waals surface area contributed by atoms with Gasteiger partial charge >= 0.3 is 0 Å². The van der Waals surface area contributed by atoms with Gasteiger partial charge in [0.1, 0.15) is 5.75 Å². The molecule has 0 amide bonds. The number of sulfone groups is 1. The Kier molecular flexibility index (Phi) is 5.01. The number of rotatable bonds is 2. The van der Waals surface area contributed by atoms with Gasteiger partial charge in [0.2, 0.25) is 0 Å². The fraction of sp³-hybridized carbons (Fsp3) is 0.500. The van der Waals surface area contributed by atoms with E-state index in [1.165, 1.54) is 6.26 Å². The van der Waals surface area contributed by atoms with E-state index in [1.807, 2.05) is 0 Å². The fourth-order valence-corrected chi connectivity index (χ4v) is 3.28. The quantitative estimate of drug-likeness (QED) is 0.890. The third-order valence-electron chi connectivity index (χ3n) is 3.07. The van der Waals surface area contributed by atoms with Crippen molar-refractivity contribution in [2.45, 2.75) is 17.7 Å². The van der Waals surface area contributed by atoms with E-state index in [9.17, 15) is 8.42 Å². The van der Waals surface area contributed by atoms with Gasteiger partial charge in [-0.3, -0.25) is 0 Å². The number of benzene rings is 1. The van der Waals surface area contributed by atoms with Crippen molar-refractivity contribution in [1.82, 2.24) is 5.32 Å². The topological polar surface area (TPSA) is 55.4 Å². The van der Waals surface area contributed by atoms with Crippen LogP contribution < -0.4 is 10.1 Å². The Hall–Kier alpha value is -0.780. The van der Waals surface area contributed by atoms with Crippen LogP contribution in [-0.4, -0.2) is 34.9 Å². The number of fused-ring (bicyclic) bond motifs is 1. The highest BCUT2D eigenvalue weighted by atomic mass is 35.5. The Labute approximate surface area is 114 Å². The number of hydrogen-bond donors (Lipinski definition) is 1. The van der Waals surface area contributed by atoms with Gasteiger partial charge < -0.3 is 10.1 Å². The first kappa shape index (κ1) is 15.3. The Morgan fingerprint density at radius 1 is 1.17 bits per heavy atom. The number of nitrogens with one attached hydrogen (secondary N) is 1. The summed E-state index contributed by atoms with van der Waals surface area (Å²) in [6, 6.07) is 3.40. The summed E-state index contributed by atoms with van der Waals surface area (Å²) in [7, 11) is -1.55. The maximum atomic E-state index is 11.8.